The fourth-order valence-corrected chi connectivity index (χ4v) is 5.06. The molecule has 0 unspecified atom stereocenters. The summed E-state index contributed by atoms with van der Waals surface area (Å²) in [5.74, 6) is 0.524. The van der Waals surface area contributed by atoms with Crippen LogP contribution < -0.4 is 4.90 Å². The maximum atomic E-state index is 13.3. The Morgan fingerprint density at radius 1 is 1.21 bits per heavy atom. The number of aromatic nitrogens is 2. The summed E-state index contributed by atoms with van der Waals surface area (Å²) in [5, 5.41) is 9.51. The number of amides is 1. The van der Waals surface area contributed by atoms with Gasteiger partial charge in [0.15, 0.2) is 5.58 Å². The third-order valence-corrected chi connectivity index (χ3v) is 6.67. The van der Waals surface area contributed by atoms with E-state index in [1.54, 1.807) is 0 Å². The molecule has 2 saturated heterocycles. The van der Waals surface area contributed by atoms with Crippen LogP contribution in [0.4, 0.5) is 6.01 Å². The summed E-state index contributed by atoms with van der Waals surface area (Å²) >= 11 is 0. The van der Waals surface area contributed by atoms with Gasteiger partial charge in [-0.1, -0.05) is 0 Å². The molecule has 0 spiro atoms. The Morgan fingerprint density at radius 2 is 2.03 bits per heavy atom. The second-order valence-electron chi connectivity index (χ2n) is 8.56. The molecule has 1 saturated carbocycles. The first-order valence-electron chi connectivity index (χ1n) is 10.6. The van der Waals surface area contributed by atoms with Crippen molar-refractivity contribution in [3.8, 4) is 0 Å². The Balaban J connectivity index is 1.23. The molecular formula is C21H28N4O4. The van der Waals surface area contributed by atoms with E-state index in [0.717, 1.165) is 44.5 Å². The van der Waals surface area contributed by atoms with Crippen LogP contribution in [0.5, 0.6) is 0 Å². The molecule has 2 aromatic heterocycles. The quantitative estimate of drug-likeness (QED) is 0.839. The molecule has 8 nitrogen and oxygen atoms in total. The van der Waals surface area contributed by atoms with Gasteiger partial charge >= 0.3 is 0 Å². The molecule has 0 bridgehead atoms. The maximum Gasteiger partial charge on any atom is 0.299 e. The van der Waals surface area contributed by atoms with Crippen LogP contribution in [0.25, 0.3) is 11.2 Å². The lowest BCUT2D eigenvalue weighted by Crippen LogP contribution is -2.54. The van der Waals surface area contributed by atoms with Gasteiger partial charge in [-0.3, -0.25) is 4.79 Å². The number of pyridine rings is 1. The third kappa shape index (κ3) is 3.48. The molecule has 0 radical (unpaired) electrons. The average molecular weight is 400 g/mol. The minimum atomic E-state index is 0.0305. The molecule has 0 aromatic carbocycles. The highest BCUT2D eigenvalue weighted by Gasteiger charge is 2.44. The first-order valence-corrected chi connectivity index (χ1v) is 10.6. The van der Waals surface area contributed by atoms with E-state index in [4.69, 9.17) is 9.15 Å². The number of anilines is 1. The number of nitrogens with zero attached hydrogens (tertiary/aromatic N) is 4. The molecule has 3 aliphatic rings. The number of rotatable bonds is 3. The molecule has 29 heavy (non-hydrogen) atoms. The van der Waals surface area contributed by atoms with Crippen LogP contribution in [0.2, 0.25) is 0 Å². The summed E-state index contributed by atoms with van der Waals surface area (Å²) in [6.45, 7) is 4.87. The van der Waals surface area contributed by atoms with E-state index in [1.165, 1.54) is 0 Å². The van der Waals surface area contributed by atoms with Crippen molar-refractivity contribution < 1.29 is 19.1 Å². The number of aryl methyl sites for hydroxylation is 1. The zero-order valence-electron chi connectivity index (χ0n) is 16.8. The number of morpholine rings is 1. The molecule has 3 fully saturated rings. The van der Waals surface area contributed by atoms with Crippen molar-refractivity contribution in [3.05, 3.63) is 17.8 Å². The molecule has 2 aromatic rings. The van der Waals surface area contributed by atoms with Crippen LogP contribution in [-0.4, -0.2) is 70.9 Å². The summed E-state index contributed by atoms with van der Waals surface area (Å²) in [6, 6.07) is 4.54. The molecular weight excluding hydrogens is 372 g/mol. The van der Waals surface area contributed by atoms with E-state index >= 15 is 0 Å². The maximum absolute atomic E-state index is 13.3. The third-order valence-electron chi connectivity index (χ3n) is 6.67. The molecule has 1 aliphatic carbocycles. The highest BCUT2D eigenvalue weighted by Crippen LogP contribution is 2.36. The lowest BCUT2D eigenvalue weighted by molar-refractivity contribution is -0.149. The van der Waals surface area contributed by atoms with Crippen LogP contribution in [0, 0.1) is 18.8 Å². The number of piperidine rings is 1. The SMILES string of the molecule is Cc1ccc2oc(N3CCC(C(=O)N4CCO[C@H]5C[C@H](CO)C[C@@H]54)CC3)nc2n1. The van der Waals surface area contributed by atoms with E-state index < -0.39 is 0 Å². The molecule has 4 heterocycles. The molecule has 5 rings (SSSR count). The number of hydrogen-bond acceptors (Lipinski definition) is 7. The monoisotopic (exact) mass is 400 g/mol. The topological polar surface area (TPSA) is 91.9 Å². The van der Waals surface area contributed by atoms with Gasteiger partial charge in [-0.05, 0) is 50.7 Å². The van der Waals surface area contributed by atoms with Gasteiger partial charge < -0.3 is 24.1 Å². The van der Waals surface area contributed by atoms with Crippen LogP contribution in [0.15, 0.2) is 16.5 Å². The van der Waals surface area contributed by atoms with Gasteiger partial charge in [-0.2, -0.15) is 4.98 Å². The number of aliphatic hydroxyl groups excluding tert-OH is 1. The van der Waals surface area contributed by atoms with Gasteiger partial charge in [0.25, 0.3) is 6.01 Å². The molecule has 8 heteroatoms. The van der Waals surface area contributed by atoms with Crippen LogP contribution in [-0.2, 0) is 9.53 Å². The van der Waals surface area contributed by atoms with Crippen molar-refractivity contribution in [2.75, 3.05) is 37.7 Å². The number of fused-ring (bicyclic) bond motifs is 2. The van der Waals surface area contributed by atoms with Crippen molar-refractivity contribution >= 4 is 23.2 Å². The highest BCUT2D eigenvalue weighted by atomic mass is 16.5. The summed E-state index contributed by atoms with van der Waals surface area (Å²) in [6.07, 6.45) is 3.38. The zero-order chi connectivity index (χ0) is 20.0. The second-order valence-corrected chi connectivity index (χ2v) is 8.56. The number of hydrogen-bond donors (Lipinski definition) is 1. The Kier molecular flexibility index (Phi) is 4.91. The van der Waals surface area contributed by atoms with Gasteiger partial charge in [-0.15, -0.1) is 0 Å². The van der Waals surface area contributed by atoms with Crippen LogP contribution >= 0.6 is 0 Å². The summed E-state index contributed by atoms with van der Waals surface area (Å²) in [7, 11) is 0. The average Bonchev–Trinajstić information content (AvgIpc) is 3.36. The van der Waals surface area contributed by atoms with E-state index in [2.05, 4.69) is 14.9 Å². The first-order chi connectivity index (χ1) is 14.1. The predicted octanol–water partition coefficient (Wildman–Crippen LogP) is 1.75. The standard InChI is InChI=1S/C21H28N4O4/c1-13-2-3-17-19(22-13)23-21(29-17)24-6-4-15(5-7-24)20(27)25-8-9-28-18-11-14(12-26)10-16(18)25/h2-3,14-16,18,26H,4-12H2,1H3/t14-,16+,18+/m1/s1. The number of carbonyl (C=O) groups excluding carboxylic acids is 1. The highest BCUT2D eigenvalue weighted by molar-refractivity contribution is 5.80. The summed E-state index contributed by atoms with van der Waals surface area (Å²) < 4.78 is 11.7. The van der Waals surface area contributed by atoms with Gasteiger partial charge in [0, 0.05) is 37.9 Å². The van der Waals surface area contributed by atoms with Crippen LogP contribution in [0.1, 0.15) is 31.4 Å². The van der Waals surface area contributed by atoms with E-state index in [-0.39, 0.29) is 36.5 Å². The van der Waals surface area contributed by atoms with Gasteiger partial charge in [-0.25, -0.2) is 4.98 Å². The summed E-state index contributed by atoms with van der Waals surface area (Å²) in [4.78, 5) is 26.4. The minimum absolute atomic E-state index is 0.0305. The van der Waals surface area contributed by atoms with Crippen molar-refractivity contribution in [1.29, 1.82) is 0 Å². The van der Waals surface area contributed by atoms with E-state index in [9.17, 15) is 9.90 Å². The van der Waals surface area contributed by atoms with Gasteiger partial charge in [0.2, 0.25) is 11.6 Å². The molecule has 2 aliphatic heterocycles. The van der Waals surface area contributed by atoms with Gasteiger partial charge in [0.1, 0.15) is 0 Å². The Labute approximate surface area is 169 Å². The van der Waals surface area contributed by atoms with Gasteiger partial charge in [0.05, 0.1) is 18.8 Å². The van der Waals surface area contributed by atoms with Crippen molar-refractivity contribution in [2.24, 2.45) is 11.8 Å². The first kappa shape index (κ1) is 18.8. The fourth-order valence-electron chi connectivity index (χ4n) is 5.06. The minimum Gasteiger partial charge on any atom is -0.422 e. The fraction of sp³-hybridized carbons (Fsp3) is 0.667. The van der Waals surface area contributed by atoms with E-state index in [0.29, 0.717) is 30.4 Å². The van der Waals surface area contributed by atoms with Crippen molar-refractivity contribution in [1.82, 2.24) is 14.9 Å². The summed E-state index contributed by atoms with van der Waals surface area (Å²) in [5.41, 5.74) is 2.25. The normalized spacial score (nSPS) is 28.1. The molecule has 1 amide bonds. The van der Waals surface area contributed by atoms with Crippen molar-refractivity contribution in [3.63, 3.8) is 0 Å². The number of aliphatic hydroxyl groups is 1. The molecule has 3 atom stereocenters. The van der Waals surface area contributed by atoms with E-state index in [1.807, 2.05) is 24.0 Å². The number of carbonyl (C=O) groups is 1. The zero-order valence-corrected chi connectivity index (χ0v) is 16.8. The number of oxazole rings is 1. The Hall–Kier alpha value is -2.19. The smallest absolute Gasteiger partial charge is 0.299 e. The lowest BCUT2D eigenvalue weighted by Gasteiger charge is -2.41. The Morgan fingerprint density at radius 3 is 2.83 bits per heavy atom. The predicted molar refractivity (Wildman–Crippen MR) is 107 cm³/mol. The van der Waals surface area contributed by atoms with Crippen molar-refractivity contribution in [2.45, 2.75) is 44.8 Å². The second kappa shape index (κ2) is 7.57. The molecule has 1 N–H and O–H groups in total. The largest absolute Gasteiger partial charge is 0.422 e. The molecule has 156 valence electrons. The Bertz CT molecular complexity index is 892. The lowest BCUT2D eigenvalue weighted by atomic mass is 9.94. The number of ether oxygens (including phenoxy) is 1. The van der Waals surface area contributed by atoms with Crippen LogP contribution in [0.3, 0.4) is 0 Å².